The van der Waals surface area contributed by atoms with Crippen LogP contribution in [0.4, 0.5) is 0 Å². The van der Waals surface area contributed by atoms with Crippen LogP contribution in [0.25, 0.3) is 22.2 Å². The Balaban J connectivity index is 1.62. The molecule has 1 amide bonds. The van der Waals surface area contributed by atoms with Crippen LogP contribution >= 0.6 is 12.6 Å². The molecule has 2 N–H and O–H groups in total. The number of hydrogen-bond donors (Lipinski definition) is 3. The molecule has 0 aliphatic heterocycles. The highest BCUT2D eigenvalue weighted by Crippen LogP contribution is 2.27. The molecule has 0 aliphatic carbocycles. The molecule has 7 heteroatoms. The summed E-state index contributed by atoms with van der Waals surface area (Å²) in [6, 6.07) is 19.4. The Morgan fingerprint density at radius 2 is 1.77 bits per heavy atom. The van der Waals surface area contributed by atoms with Crippen LogP contribution < -0.4 is 5.32 Å². The molecule has 40 heavy (non-hydrogen) atoms. The lowest BCUT2D eigenvalue weighted by Gasteiger charge is -2.17. The van der Waals surface area contributed by atoms with E-state index in [4.69, 9.17) is 4.98 Å². The van der Waals surface area contributed by atoms with Gasteiger partial charge in [0.2, 0.25) is 5.91 Å². The summed E-state index contributed by atoms with van der Waals surface area (Å²) in [5.41, 5.74) is 7.15. The third-order valence-corrected chi connectivity index (χ3v) is 7.67. The number of amides is 1. The molecule has 0 spiro atoms. The van der Waals surface area contributed by atoms with Crippen LogP contribution in [-0.2, 0) is 24.3 Å². The first-order valence-electron chi connectivity index (χ1n) is 14.0. The standard InChI is InChI=1S/C33H39N3O3S/c1-5-8-30-35-31-22(4)16-24(18-34-32(37)26(20-40)15-21(2)3)17-29(31)36(30)19-23-11-13-25(14-12-23)27-9-6-7-10-28(27)33(38)39/h6-7,9-14,16-17,21,26,40H,5,8,15,18-20H2,1-4H3,(H,34,37)(H,38,39)/t26-/m1/s1. The fraction of sp³-hybridized carbons (Fsp3) is 0.364. The number of fused-ring (bicyclic) bond motifs is 1. The van der Waals surface area contributed by atoms with E-state index >= 15 is 0 Å². The highest BCUT2D eigenvalue weighted by molar-refractivity contribution is 7.80. The van der Waals surface area contributed by atoms with Crippen LogP contribution in [0.1, 0.15) is 66.5 Å². The van der Waals surface area contributed by atoms with Gasteiger partial charge in [0.1, 0.15) is 5.82 Å². The zero-order valence-electron chi connectivity index (χ0n) is 23.8. The van der Waals surface area contributed by atoms with E-state index in [-0.39, 0.29) is 11.8 Å². The molecule has 210 valence electrons. The van der Waals surface area contributed by atoms with Gasteiger partial charge in [-0.25, -0.2) is 9.78 Å². The molecule has 0 bridgehead atoms. The van der Waals surface area contributed by atoms with Gasteiger partial charge >= 0.3 is 5.97 Å². The average molecular weight is 558 g/mol. The zero-order valence-corrected chi connectivity index (χ0v) is 24.7. The predicted molar refractivity (Wildman–Crippen MR) is 165 cm³/mol. The topological polar surface area (TPSA) is 84.2 Å². The summed E-state index contributed by atoms with van der Waals surface area (Å²) in [5, 5.41) is 12.7. The molecule has 4 rings (SSSR count). The van der Waals surface area contributed by atoms with Gasteiger partial charge in [-0.2, -0.15) is 12.6 Å². The van der Waals surface area contributed by atoms with E-state index in [0.717, 1.165) is 58.4 Å². The van der Waals surface area contributed by atoms with Crippen molar-refractivity contribution in [1.29, 1.82) is 0 Å². The Morgan fingerprint density at radius 3 is 2.42 bits per heavy atom. The molecular formula is C33H39N3O3S. The second kappa shape index (κ2) is 13.2. The smallest absolute Gasteiger partial charge is 0.336 e. The molecule has 0 unspecified atom stereocenters. The number of benzene rings is 3. The number of nitrogens with zero attached hydrogens (tertiary/aromatic N) is 2. The molecule has 6 nitrogen and oxygen atoms in total. The highest BCUT2D eigenvalue weighted by Gasteiger charge is 2.19. The highest BCUT2D eigenvalue weighted by atomic mass is 32.1. The number of aromatic carboxylic acids is 1. The SMILES string of the molecule is CCCc1nc2c(C)cc(CNC(=O)[C@@H](CS)CC(C)C)cc2n1Cc1ccc(-c2ccccc2C(=O)O)cc1. The first-order valence-corrected chi connectivity index (χ1v) is 14.6. The third kappa shape index (κ3) is 6.76. The lowest BCUT2D eigenvalue weighted by molar-refractivity contribution is -0.124. The maximum atomic E-state index is 12.8. The fourth-order valence-electron chi connectivity index (χ4n) is 5.27. The minimum absolute atomic E-state index is 0.0474. The predicted octanol–water partition coefficient (Wildman–Crippen LogP) is 6.92. The number of nitrogens with one attached hydrogen (secondary N) is 1. The quantitative estimate of drug-likeness (QED) is 0.165. The van der Waals surface area contributed by atoms with E-state index in [1.165, 1.54) is 0 Å². The third-order valence-electron chi connectivity index (χ3n) is 7.23. The van der Waals surface area contributed by atoms with Gasteiger partial charge in [0.25, 0.3) is 0 Å². The van der Waals surface area contributed by atoms with Gasteiger partial charge < -0.3 is 15.0 Å². The lowest BCUT2D eigenvalue weighted by atomic mass is 9.98. The number of aryl methyl sites for hydroxylation is 2. The van der Waals surface area contributed by atoms with Crippen molar-refractivity contribution in [2.24, 2.45) is 11.8 Å². The Hall–Kier alpha value is -3.58. The van der Waals surface area contributed by atoms with Gasteiger partial charge in [0.05, 0.1) is 16.6 Å². The normalized spacial score (nSPS) is 12.2. The summed E-state index contributed by atoms with van der Waals surface area (Å²) in [5.74, 6) is 1.03. The maximum absolute atomic E-state index is 12.8. The molecule has 1 aromatic heterocycles. The Bertz CT molecular complexity index is 1490. The van der Waals surface area contributed by atoms with Crippen molar-refractivity contribution in [3.63, 3.8) is 0 Å². The number of hydrogen-bond acceptors (Lipinski definition) is 4. The summed E-state index contributed by atoms with van der Waals surface area (Å²) in [7, 11) is 0. The van der Waals surface area contributed by atoms with Crippen molar-refractivity contribution in [1.82, 2.24) is 14.9 Å². The van der Waals surface area contributed by atoms with Gasteiger partial charge in [0, 0.05) is 31.2 Å². The average Bonchev–Trinajstić information content (AvgIpc) is 3.28. The summed E-state index contributed by atoms with van der Waals surface area (Å²) < 4.78 is 2.27. The number of rotatable bonds is 12. The van der Waals surface area contributed by atoms with Crippen molar-refractivity contribution in [2.45, 2.75) is 60.0 Å². The van der Waals surface area contributed by atoms with Crippen molar-refractivity contribution in [3.8, 4) is 11.1 Å². The molecule has 1 atom stereocenters. The molecule has 0 saturated carbocycles. The van der Waals surface area contributed by atoms with Crippen LogP contribution in [0.3, 0.4) is 0 Å². The number of imidazole rings is 1. The number of carbonyl (C=O) groups excluding carboxylic acids is 1. The minimum atomic E-state index is -0.933. The summed E-state index contributed by atoms with van der Waals surface area (Å²) in [6.45, 7) is 9.59. The second-order valence-corrected chi connectivity index (χ2v) is 11.3. The van der Waals surface area contributed by atoms with Gasteiger partial charge in [0.15, 0.2) is 0 Å². The van der Waals surface area contributed by atoms with Crippen LogP contribution in [-0.4, -0.2) is 32.3 Å². The number of aromatic nitrogens is 2. The lowest BCUT2D eigenvalue weighted by Crippen LogP contribution is -2.32. The van der Waals surface area contributed by atoms with E-state index < -0.39 is 5.97 Å². The minimum Gasteiger partial charge on any atom is -0.478 e. The molecule has 1 heterocycles. The molecule has 3 aromatic carbocycles. The van der Waals surface area contributed by atoms with Gasteiger partial charge in [-0.1, -0.05) is 69.3 Å². The van der Waals surface area contributed by atoms with Crippen molar-refractivity contribution < 1.29 is 14.7 Å². The van der Waals surface area contributed by atoms with E-state index in [1.807, 2.05) is 24.3 Å². The van der Waals surface area contributed by atoms with Crippen LogP contribution in [0.5, 0.6) is 0 Å². The van der Waals surface area contributed by atoms with E-state index in [9.17, 15) is 14.7 Å². The van der Waals surface area contributed by atoms with Crippen molar-refractivity contribution in [3.05, 3.63) is 88.7 Å². The Morgan fingerprint density at radius 1 is 1.05 bits per heavy atom. The van der Waals surface area contributed by atoms with E-state index in [2.05, 4.69) is 74.5 Å². The van der Waals surface area contributed by atoms with E-state index in [1.54, 1.807) is 12.1 Å². The van der Waals surface area contributed by atoms with Crippen LogP contribution in [0.15, 0.2) is 60.7 Å². The molecule has 0 aliphatic rings. The maximum Gasteiger partial charge on any atom is 0.336 e. The first kappa shape index (κ1) is 29.4. The largest absolute Gasteiger partial charge is 0.478 e. The molecule has 4 aromatic rings. The summed E-state index contributed by atoms with van der Waals surface area (Å²) >= 11 is 4.40. The molecule has 0 fully saturated rings. The number of thiol groups is 1. The number of carboxylic acid groups (broad SMARTS) is 1. The van der Waals surface area contributed by atoms with Gasteiger partial charge in [-0.15, -0.1) is 0 Å². The van der Waals surface area contributed by atoms with Crippen molar-refractivity contribution >= 4 is 35.5 Å². The van der Waals surface area contributed by atoms with Crippen LogP contribution in [0.2, 0.25) is 0 Å². The fourth-order valence-corrected chi connectivity index (χ4v) is 5.58. The molecular weight excluding hydrogens is 518 g/mol. The second-order valence-electron chi connectivity index (χ2n) is 10.9. The number of carbonyl (C=O) groups is 2. The van der Waals surface area contributed by atoms with Crippen molar-refractivity contribution in [2.75, 3.05) is 5.75 Å². The first-order chi connectivity index (χ1) is 19.2. The molecule has 0 radical (unpaired) electrons. The summed E-state index contributed by atoms with van der Waals surface area (Å²) in [4.78, 5) is 29.5. The monoisotopic (exact) mass is 557 g/mol. The number of carboxylic acids is 1. The van der Waals surface area contributed by atoms with Gasteiger partial charge in [-0.3, -0.25) is 4.79 Å². The molecule has 0 saturated heterocycles. The van der Waals surface area contributed by atoms with Crippen LogP contribution in [0, 0.1) is 18.8 Å². The Labute approximate surface area is 242 Å². The van der Waals surface area contributed by atoms with E-state index in [0.29, 0.717) is 35.9 Å². The Kier molecular flexibility index (Phi) is 9.69. The summed E-state index contributed by atoms with van der Waals surface area (Å²) in [6.07, 6.45) is 2.67. The zero-order chi connectivity index (χ0) is 28.8. The van der Waals surface area contributed by atoms with Gasteiger partial charge in [-0.05, 0) is 65.6 Å².